The van der Waals surface area contributed by atoms with Crippen LogP contribution in [0.1, 0.15) is 12.2 Å². The van der Waals surface area contributed by atoms with Gasteiger partial charge in [0, 0.05) is 43.8 Å². The molecule has 6 heteroatoms. The minimum atomic E-state index is 0.193. The van der Waals surface area contributed by atoms with E-state index in [4.69, 9.17) is 4.74 Å². The number of aliphatic hydroxyl groups is 1. The fourth-order valence-electron chi connectivity index (χ4n) is 1.89. The highest BCUT2D eigenvalue weighted by molar-refractivity contribution is 7.09. The first-order chi connectivity index (χ1) is 7.79. The molecular formula is C10H17N3O2S. The van der Waals surface area contributed by atoms with Crippen LogP contribution in [0.5, 0.6) is 0 Å². The SMILES string of the molecule is Cc1nsc(NCC(CO)C2CCOC2)n1. The van der Waals surface area contributed by atoms with Crippen molar-refractivity contribution in [3.05, 3.63) is 5.82 Å². The summed E-state index contributed by atoms with van der Waals surface area (Å²) in [7, 11) is 0. The van der Waals surface area contributed by atoms with Gasteiger partial charge in [-0.3, -0.25) is 0 Å². The molecule has 1 aromatic heterocycles. The summed E-state index contributed by atoms with van der Waals surface area (Å²) in [6, 6.07) is 0. The second-order valence-electron chi connectivity index (χ2n) is 4.09. The van der Waals surface area contributed by atoms with Gasteiger partial charge in [-0.05, 0) is 19.3 Å². The van der Waals surface area contributed by atoms with Crippen LogP contribution in [0.25, 0.3) is 0 Å². The van der Waals surface area contributed by atoms with Crippen LogP contribution in [0.15, 0.2) is 0 Å². The van der Waals surface area contributed by atoms with Gasteiger partial charge in [-0.25, -0.2) is 4.98 Å². The molecule has 1 saturated heterocycles. The van der Waals surface area contributed by atoms with E-state index in [1.165, 1.54) is 11.5 Å². The number of aromatic nitrogens is 2. The Morgan fingerprint density at radius 3 is 3.12 bits per heavy atom. The summed E-state index contributed by atoms with van der Waals surface area (Å²) < 4.78 is 9.43. The Balaban J connectivity index is 1.82. The van der Waals surface area contributed by atoms with Gasteiger partial charge in [0.1, 0.15) is 5.82 Å². The number of nitrogens with one attached hydrogen (secondary N) is 1. The number of hydrogen-bond donors (Lipinski definition) is 2. The second-order valence-corrected chi connectivity index (χ2v) is 4.85. The van der Waals surface area contributed by atoms with Gasteiger partial charge < -0.3 is 15.2 Å². The largest absolute Gasteiger partial charge is 0.396 e. The number of hydrogen-bond acceptors (Lipinski definition) is 6. The number of ether oxygens (including phenoxy) is 1. The minimum Gasteiger partial charge on any atom is -0.396 e. The van der Waals surface area contributed by atoms with Crippen molar-refractivity contribution < 1.29 is 9.84 Å². The molecule has 1 fully saturated rings. The number of nitrogens with zero attached hydrogens (tertiary/aromatic N) is 2. The molecule has 0 radical (unpaired) electrons. The molecule has 5 nitrogen and oxygen atoms in total. The lowest BCUT2D eigenvalue weighted by Gasteiger charge is -2.19. The monoisotopic (exact) mass is 243 g/mol. The van der Waals surface area contributed by atoms with Crippen LogP contribution in [-0.2, 0) is 4.74 Å². The lowest BCUT2D eigenvalue weighted by atomic mass is 9.92. The van der Waals surface area contributed by atoms with Crippen LogP contribution < -0.4 is 5.32 Å². The second kappa shape index (κ2) is 5.56. The minimum absolute atomic E-state index is 0.193. The topological polar surface area (TPSA) is 67.3 Å². The highest BCUT2D eigenvalue weighted by atomic mass is 32.1. The quantitative estimate of drug-likeness (QED) is 0.804. The lowest BCUT2D eigenvalue weighted by molar-refractivity contribution is 0.145. The molecule has 0 spiro atoms. The van der Waals surface area contributed by atoms with Crippen molar-refractivity contribution in [2.45, 2.75) is 13.3 Å². The molecular weight excluding hydrogens is 226 g/mol. The lowest BCUT2D eigenvalue weighted by Crippen LogP contribution is -2.26. The van der Waals surface area contributed by atoms with E-state index in [1.54, 1.807) is 0 Å². The fourth-order valence-corrected chi connectivity index (χ4v) is 2.47. The number of aryl methyl sites for hydroxylation is 1. The van der Waals surface area contributed by atoms with Gasteiger partial charge in [0.2, 0.25) is 5.13 Å². The van der Waals surface area contributed by atoms with E-state index in [1.807, 2.05) is 6.92 Å². The van der Waals surface area contributed by atoms with Crippen LogP contribution in [0.2, 0.25) is 0 Å². The van der Waals surface area contributed by atoms with Gasteiger partial charge in [-0.1, -0.05) is 0 Å². The molecule has 1 aliphatic heterocycles. The maximum Gasteiger partial charge on any atom is 0.202 e. The van der Waals surface area contributed by atoms with Crippen molar-refractivity contribution >= 4 is 16.7 Å². The average molecular weight is 243 g/mol. The number of anilines is 1. The molecule has 16 heavy (non-hydrogen) atoms. The maximum absolute atomic E-state index is 9.34. The molecule has 2 rings (SSSR count). The van der Waals surface area contributed by atoms with E-state index < -0.39 is 0 Å². The zero-order valence-electron chi connectivity index (χ0n) is 9.35. The van der Waals surface area contributed by atoms with Crippen molar-refractivity contribution in [1.82, 2.24) is 9.36 Å². The third kappa shape index (κ3) is 2.90. The van der Waals surface area contributed by atoms with Crippen LogP contribution >= 0.6 is 11.5 Å². The Labute approximate surface area is 99.0 Å². The summed E-state index contributed by atoms with van der Waals surface area (Å²) in [4.78, 5) is 4.23. The summed E-state index contributed by atoms with van der Waals surface area (Å²) in [5, 5.41) is 13.4. The molecule has 2 N–H and O–H groups in total. The van der Waals surface area contributed by atoms with E-state index in [2.05, 4.69) is 14.7 Å². The summed E-state index contributed by atoms with van der Waals surface area (Å²) in [5.74, 6) is 1.50. The van der Waals surface area contributed by atoms with Gasteiger partial charge in [-0.15, -0.1) is 0 Å². The van der Waals surface area contributed by atoms with E-state index >= 15 is 0 Å². The average Bonchev–Trinajstić information content (AvgIpc) is 2.91. The Morgan fingerprint density at radius 2 is 2.56 bits per heavy atom. The molecule has 2 unspecified atom stereocenters. The first-order valence-corrected chi connectivity index (χ1v) is 6.29. The third-order valence-electron chi connectivity index (χ3n) is 2.91. The first-order valence-electron chi connectivity index (χ1n) is 5.52. The van der Waals surface area contributed by atoms with Gasteiger partial charge in [0.05, 0.1) is 0 Å². The fraction of sp³-hybridized carbons (Fsp3) is 0.800. The highest BCUT2D eigenvalue weighted by Gasteiger charge is 2.25. The predicted octanol–water partition coefficient (Wildman–Crippen LogP) is 0.903. The maximum atomic E-state index is 9.34. The van der Waals surface area contributed by atoms with E-state index in [0.717, 1.165) is 37.1 Å². The van der Waals surface area contributed by atoms with E-state index in [9.17, 15) is 5.11 Å². The van der Waals surface area contributed by atoms with Crippen LogP contribution in [0, 0.1) is 18.8 Å². The smallest absolute Gasteiger partial charge is 0.202 e. The van der Waals surface area contributed by atoms with Gasteiger partial charge in [0.25, 0.3) is 0 Å². The molecule has 90 valence electrons. The Morgan fingerprint density at radius 1 is 1.69 bits per heavy atom. The summed E-state index contributed by atoms with van der Waals surface area (Å²) in [5.41, 5.74) is 0. The van der Waals surface area contributed by atoms with Crippen molar-refractivity contribution in [3.8, 4) is 0 Å². The summed E-state index contributed by atoms with van der Waals surface area (Å²) >= 11 is 1.36. The molecule has 0 aliphatic carbocycles. The predicted molar refractivity (Wildman–Crippen MR) is 62.6 cm³/mol. The number of aliphatic hydroxyl groups excluding tert-OH is 1. The van der Waals surface area contributed by atoms with Gasteiger partial charge in [0.15, 0.2) is 0 Å². The molecule has 2 atom stereocenters. The molecule has 1 aliphatic rings. The molecule has 0 saturated carbocycles. The standard InChI is InChI=1S/C10H17N3O2S/c1-7-12-10(16-13-7)11-4-9(5-14)8-2-3-15-6-8/h8-9,14H,2-6H2,1H3,(H,11,12,13). The highest BCUT2D eigenvalue weighted by Crippen LogP contribution is 2.22. The molecule has 0 amide bonds. The summed E-state index contributed by atoms with van der Waals surface area (Å²) in [6.45, 7) is 4.38. The Hall–Kier alpha value is -0.720. The normalized spacial score (nSPS) is 22.2. The Kier molecular flexibility index (Phi) is 4.09. The zero-order chi connectivity index (χ0) is 11.4. The van der Waals surface area contributed by atoms with Crippen molar-refractivity contribution in [2.24, 2.45) is 11.8 Å². The van der Waals surface area contributed by atoms with E-state index in [-0.39, 0.29) is 12.5 Å². The third-order valence-corrected chi connectivity index (χ3v) is 3.67. The zero-order valence-corrected chi connectivity index (χ0v) is 10.2. The first kappa shape index (κ1) is 11.8. The number of rotatable bonds is 5. The van der Waals surface area contributed by atoms with Crippen molar-refractivity contribution in [2.75, 3.05) is 31.7 Å². The molecule has 0 aromatic carbocycles. The van der Waals surface area contributed by atoms with E-state index in [0.29, 0.717) is 5.92 Å². The van der Waals surface area contributed by atoms with Crippen molar-refractivity contribution in [3.63, 3.8) is 0 Å². The van der Waals surface area contributed by atoms with Crippen LogP contribution in [0.3, 0.4) is 0 Å². The van der Waals surface area contributed by atoms with Gasteiger partial charge in [-0.2, -0.15) is 4.37 Å². The van der Waals surface area contributed by atoms with Crippen molar-refractivity contribution in [1.29, 1.82) is 0 Å². The van der Waals surface area contributed by atoms with Crippen LogP contribution in [-0.4, -0.2) is 40.8 Å². The Bertz CT molecular complexity index is 326. The van der Waals surface area contributed by atoms with Crippen LogP contribution in [0.4, 0.5) is 5.13 Å². The van der Waals surface area contributed by atoms with Gasteiger partial charge >= 0.3 is 0 Å². The molecule has 2 heterocycles. The molecule has 1 aromatic rings. The summed E-state index contributed by atoms with van der Waals surface area (Å²) in [6.07, 6.45) is 1.04. The molecule has 0 bridgehead atoms.